The molecule has 0 aliphatic heterocycles. The smallest absolute Gasteiger partial charge is 0.374 e. The molecule has 0 unspecified atom stereocenters. The number of benzene rings is 2. The number of para-hydroxylation sites is 1. The Hall–Kier alpha value is -3.61. The highest BCUT2D eigenvalue weighted by Crippen LogP contribution is 2.17. The Bertz CT molecular complexity index is 1090. The van der Waals surface area contributed by atoms with E-state index in [0.29, 0.717) is 11.1 Å². The maximum absolute atomic E-state index is 12.2. The molecule has 3 aromatic rings. The van der Waals surface area contributed by atoms with Crippen molar-refractivity contribution in [3.8, 4) is 5.75 Å². The van der Waals surface area contributed by atoms with Crippen molar-refractivity contribution in [2.24, 2.45) is 0 Å². The predicted octanol–water partition coefficient (Wildman–Crippen LogP) is 2.58. The zero-order chi connectivity index (χ0) is 20.1. The van der Waals surface area contributed by atoms with Crippen molar-refractivity contribution in [2.75, 3.05) is 13.7 Å². The molecule has 0 atom stereocenters. The van der Waals surface area contributed by atoms with Crippen molar-refractivity contribution in [2.45, 2.75) is 13.5 Å². The quantitative estimate of drug-likeness (QED) is 0.660. The first-order valence-corrected chi connectivity index (χ1v) is 8.58. The summed E-state index contributed by atoms with van der Waals surface area (Å²) < 4.78 is 15.6. The zero-order valence-corrected chi connectivity index (χ0v) is 15.5. The third-order valence-electron chi connectivity index (χ3n) is 4.09. The second kappa shape index (κ2) is 8.39. The van der Waals surface area contributed by atoms with Gasteiger partial charge in [0.05, 0.1) is 12.5 Å². The van der Waals surface area contributed by atoms with Crippen LogP contribution in [0.2, 0.25) is 0 Å². The Morgan fingerprint density at radius 3 is 2.68 bits per heavy atom. The van der Waals surface area contributed by atoms with Crippen molar-refractivity contribution >= 4 is 22.8 Å². The Balaban J connectivity index is 1.60. The molecule has 0 saturated carbocycles. The minimum absolute atomic E-state index is 0.227. The van der Waals surface area contributed by atoms with Crippen LogP contribution in [-0.4, -0.2) is 25.6 Å². The summed E-state index contributed by atoms with van der Waals surface area (Å²) in [5, 5.41) is 3.02. The number of carbonyl (C=O) groups is 2. The number of carbonyl (C=O) groups excluding carboxylic acids is 2. The van der Waals surface area contributed by atoms with Gasteiger partial charge in [0.25, 0.3) is 5.91 Å². The number of esters is 1. The number of hydrogen-bond donors (Lipinski definition) is 1. The first-order valence-electron chi connectivity index (χ1n) is 8.58. The van der Waals surface area contributed by atoms with Crippen molar-refractivity contribution in [3.63, 3.8) is 0 Å². The molecule has 0 spiro atoms. The predicted molar refractivity (Wildman–Crippen MR) is 102 cm³/mol. The summed E-state index contributed by atoms with van der Waals surface area (Å²) in [5.41, 5.74) is 1.63. The number of hydrogen-bond acceptors (Lipinski definition) is 6. The summed E-state index contributed by atoms with van der Waals surface area (Å²) in [6, 6.07) is 13.4. The SMILES string of the molecule is COc1ccccc1CNC(=O)COC(=O)c1cc(=O)c2cc(C)ccc2o1. The summed E-state index contributed by atoms with van der Waals surface area (Å²) in [4.78, 5) is 36.2. The van der Waals surface area contributed by atoms with Crippen molar-refractivity contribution < 1.29 is 23.5 Å². The van der Waals surface area contributed by atoms with Gasteiger partial charge in [-0.15, -0.1) is 0 Å². The number of nitrogens with one attached hydrogen (secondary N) is 1. The van der Waals surface area contributed by atoms with Crippen LogP contribution in [0.3, 0.4) is 0 Å². The standard InChI is InChI=1S/C21H19NO6/c1-13-7-8-18-15(9-13)16(23)10-19(28-18)21(25)27-12-20(24)22-11-14-5-3-4-6-17(14)26-2/h3-10H,11-12H2,1-2H3,(H,22,24). The maximum atomic E-state index is 12.2. The molecule has 1 heterocycles. The average Bonchev–Trinajstić information content (AvgIpc) is 2.71. The molecule has 1 N–H and O–H groups in total. The summed E-state index contributed by atoms with van der Waals surface area (Å²) in [5.74, 6) is -0.975. The topological polar surface area (TPSA) is 94.8 Å². The van der Waals surface area contributed by atoms with Crippen LogP contribution < -0.4 is 15.5 Å². The van der Waals surface area contributed by atoms with Crippen LogP contribution in [0.25, 0.3) is 11.0 Å². The van der Waals surface area contributed by atoms with Crippen molar-refractivity contribution in [1.29, 1.82) is 0 Å². The molecule has 3 rings (SSSR count). The number of amides is 1. The van der Waals surface area contributed by atoms with Crippen molar-refractivity contribution in [1.82, 2.24) is 5.32 Å². The highest BCUT2D eigenvalue weighted by atomic mass is 16.5. The number of fused-ring (bicyclic) bond motifs is 1. The van der Waals surface area contributed by atoms with Gasteiger partial charge in [-0.3, -0.25) is 9.59 Å². The fourth-order valence-corrected chi connectivity index (χ4v) is 2.67. The van der Waals surface area contributed by atoms with Crippen LogP contribution >= 0.6 is 0 Å². The lowest BCUT2D eigenvalue weighted by Gasteiger charge is -2.10. The first kappa shape index (κ1) is 19.2. The van der Waals surface area contributed by atoms with E-state index < -0.39 is 18.5 Å². The number of ether oxygens (including phenoxy) is 2. The molecule has 0 radical (unpaired) electrons. The molecule has 1 amide bonds. The van der Waals surface area contributed by atoms with E-state index in [-0.39, 0.29) is 23.3 Å². The average molecular weight is 381 g/mol. The van der Waals surface area contributed by atoms with Gasteiger partial charge in [-0.05, 0) is 25.1 Å². The van der Waals surface area contributed by atoms with E-state index >= 15 is 0 Å². The van der Waals surface area contributed by atoms with Gasteiger partial charge in [0, 0.05) is 18.2 Å². The van der Waals surface area contributed by atoms with Gasteiger partial charge < -0.3 is 19.2 Å². The van der Waals surface area contributed by atoms with Gasteiger partial charge in [0.1, 0.15) is 11.3 Å². The largest absolute Gasteiger partial charge is 0.496 e. The van der Waals surface area contributed by atoms with Gasteiger partial charge in [0.2, 0.25) is 5.76 Å². The van der Waals surface area contributed by atoms with Crippen LogP contribution in [0.4, 0.5) is 0 Å². The molecule has 0 bridgehead atoms. The number of aryl methyl sites for hydroxylation is 1. The number of rotatable bonds is 6. The molecule has 0 saturated heterocycles. The normalized spacial score (nSPS) is 10.5. The molecule has 1 aromatic heterocycles. The Morgan fingerprint density at radius 2 is 1.89 bits per heavy atom. The van der Waals surface area contributed by atoms with Crippen LogP contribution in [0, 0.1) is 6.92 Å². The van der Waals surface area contributed by atoms with Crippen LogP contribution in [-0.2, 0) is 16.1 Å². The first-order chi connectivity index (χ1) is 13.5. The Labute approximate surface area is 160 Å². The number of methoxy groups -OCH3 is 1. The summed E-state index contributed by atoms with van der Waals surface area (Å²) >= 11 is 0. The Kier molecular flexibility index (Phi) is 5.74. The lowest BCUT2D eigenvalue weighted by atomic mass is 10.1. The molecule has 0 fully saturated rings. The Morgan fingerprint density at radius 1 is 1.11 bits per heavy atom. The molecular formula is C21H19NO6. The summed E-state index contributed by atoms with van der Waals surface area (Å²) in [6.45, 7) is 1.58. The van der Waals surface area contributed by atoms with Gasteiger partial charge >= 0.3 is 5.97 Å². The van der Waals surface area contributed by atoms with Crippen LogP contribution in [0.5, 0.6) is 5.75 Å². The third-order valence-corrected chi connectivity index (χ3v) is 4.09. The van der Waals surface area contributed by atoms with E-state index in [1.54, 1.807) is 31.4 Å². The molecule has 7 nitrogen and oxygen atoms in total. The fraction of sp³-hybridized carbons (Fsp3) is 0.190. The van der Waals surface area contributed by atoms with E-state index in [2.05, 4.69) is 5.32 Å². The van der Waals surface area contributed by atoms with Gasteiger partial charge in [-0.25, -0.2) is 4.79 Å². The molecule has 0 aliphatic rings. The minimum Gasteiger partial charge on any atom is -0.496 e. The summed E-state index contributed by atoms with van der Waals surface area (Å²) in [7, 11) is 1.54. The monoisotopic (exact) mass is 381 g/mol. The molecule has 7 heteroatoms. The van der Waals surface area contributed by atoms with E-state index in [1.165, 1.54) is 0 Å². The summed E-state index contributed by atoms with van der Waals surface area (Å²) in [6.07, 6.45) is 0. The van der Waals surface area contributed by atoms with Gasteiger partial charge in [-0.1, -0.05) is 29.8 Å². The fourth-order valence-electron chi connectivity index (χ4n) is 2.67. The van der Waals surface area contributed by atoms with Gasteiger partial charge in [-0.2, -0.15) is 0 Å². The van der Waals surface area contributed by atoms with Crippen molar-refractivity contribution in [3.05, 3.63) is 75.6 Å². The third kappa shape index (κ3) is 4.37. The van der Waals surface area contributed by atoms with Crippen LogP contribution in [0.15, 0.2) is 57.7 Å². The highest BCUT2D eigenvalue weighted by Gasteiger charge is 2.16. The minimum atomic E-state index is -0.882. The second-order valence-corrected chi connectivity index (χ2v) is 6.14. The van der Waals surface area contributed by atoms with E-state index in [0.717, 1.165) is 17.2 Å². The second-order valence-electron chi connectivity index (χ2n) is 6.14. The van der Waals surface area contributed by atoms with E-state index in [1.807, 2.05) is 25.1 Å². The molecule has 28 heavy (non-hydrogen) atoms. The van der Waals surface area contributed by atoms with E-state index in [9.17, 15) is 14.4 Å². The molecule has 144 valence electrons. The maximum Gasteiger partial charge on any atom is 0.374 e. The van der Waals surface area contributed by atoms with Crippen LogP contribution in [0.1, 0.15) is 21.7 Å². The molecular weight excluding hydrogens is 362 g/mol. The van der Waals surface area contributed by atoms with Gasteiger partial charge in [0.15, 0.2) is 12.0 Å². The van der Waals surface area contributed by atoms with E-state index in [4.69, 9.17) is 13.9 Å². The lowest BCUT2D eigenvalue weighted by molar-refractivity contribution is -0.124. The molecule has 0 aliphatic carbocycles. The highest BCUT2D eigenvalue weighted by molar-refractivity contribution is 5.90. The molecule has 2 aromatic carbocycles. The lowest BCUT2D eigenvalue weighted by Crippen LogP contribution is -2.28. The zero-order valence-electron chi connectivity index (χ0n) is 15.5.